The summed E-state index contributed by atoms with van der Waals surface area (Å²) >= 11 is 0. The highest BCUT2D eigenvalue weighted by molar-refractivity contribution is 7.90. The highest BCUT2D eigenvalue weighted by Crippen LogP contribution is 2.24. The molecule has 0 aliphatic carbocycles. The summed E-state index contributed by atoms with van der Waals surface area (Å²) in [6, 6.07) is 14.0. The molecule has 0 aliphatic rings. The molecule has 0 aliphatic heterocycles. The molecule has 0 fully saturated rings. The summed E-state index contributed by atoms with van der Waals surface area (Å²) in [6.07, 6.45) is 1.55. The minimum atomic E-state index is -3.64. The molecule has 3 aromatic rings. The largest absolute Gasteiger partial charge is 0.392 e. The van der Waals surface area contributed by atoms with Gasteiger partial charge in [0.05, 0.1) is 17.0 Å². The number of benzene rings is 2. The van der Waals surface area contributed by atoms with E-state index in [2.05, 4.69) is 0 Å². The van der Waals surface area contributed by atoms with Gasteiger partial charge in [-0.05, 0) is 36.2 Å². The maximum atomic E-state index is 12.8. The van der Waals surface area contributed by atoms with Crippen molar-refractivity contribution in [1.82, 2.24) is 3.97 Å². The molecule has 5 heteroatoms. The number of aryl methyl sites for hydroxylation is 1. The van der Waals surface area contributed by atoms with Crippen molar-refractivity contribution in [2.24, 2.45) is 0 Å². The molecule has 4 nitrogen and oxygen atoms in total. The Morgan fingerprint density at radius 2 is 1.86 bits per heavy atom. The summed E-state index contributed by atoms with van der Waals surface area (Å²) in [6.45, 7) is 1.66. The third-order valence-corrected chi connectivity index (χ3v) is 5.38. The Morgan fingerprint density at radius 1 is 1.10 bits per heavy atom. The summed E-state index contributed by atoms with van der Waals surface area (Å²) < 4.78 is 26.9. The Kier molecular flexibility index (Phi) is 3.31. The first kappa shape index (κ1) is 13.9. The molecule has 2 aromatic carbocycles. The zero-order chi connectivity index (χ0) is 15.0. The van der Waals surface area contributed by atoms with Crippen molar-refractivity contribution in [2.75, 3.05) is 0 Å². The average Bonchev–Trinajstić information content (AvgIpc) is 2.91. The van der Waals surface area contributed by atoms with Gasteiger partial charge in [-0.3, -0.25) is 0 Å². The Hall–Kier alpha value is -2.11. The van der Waals surface area contributed by atoms with E-state index in [4.69, 9.17) is 0 Å². The van der Waals surface area contributed by atoms with Gasteiger partial charge >= 0.3 is 0 Å². The number of hydrogen-bond acceptors (Lipinski definition) is 3. The van der Waals surface area contributed by atoms with E-state index in [0.29, 0.717) is 16.6 Å². The summed E-state index contributed by atoms with van der Waals surface area (Å²) in [5.41, 5.74) is 1.96. The smallest absolute Gasteiger partial charge is 0.268 e. The Balaban J connectivity index is 2.27. The zero-order valence-corrected chi connectivity index (χ0v) is 12.3. The maximum Gasteiger partial charge on any atom is 0.268 e. The van der Waals surface area contributed by atoms with Crippen LogP contribution in [0.15, 0.2) is 59.6 Å². The normalized spacial score (nSPS) is 11.9. The van der Waals surface area contributed by atoms with Crippen molar-refractivity contribution < 1.29 is 13.5 Å². The lowest BCUT2D eigenvalue weighted by Crippen LogP contribution is -2.13. The molecule has 1 aromatic heterocycles. The van der Waals surface area contributed by atoms with Crippen LogP contribution in [0.1, 0.15) is 11.1 Å². The van der Waals surface area contributed by atoms with Gasteiger partial charge in [-0.15, -0.1) is 0 Å². The number of rotatable bonds is 3. The third kappa shape index (κ3) is 2.24. The number of hydrogen-bond donors (Lipinski definition) is 1. The van der Waals surface area contributed by atoms with E-state index >= 15 is 0 Å². The van der Waals surface area contributed by atoms with Gasteiger partial charge in [-0.25, -0.2) is 12.4 Å². The predicted octanol–water partition coefficient (Wildman–Crippen LogP) is 2.68. The molecule has 1 N–H and O–H groups in total. The first-order valence-corrected chi connectivity index (χ1v) is 8.00. The summed E-state index contributed by atoms with van der Waals surface area (Å²) in [5, 5.41) is 10.1. The van der Waals surface area contributed by atoms with Crippen molar-refractivity contribution in [3.63, 3.8) is 0 Å². The minimum absolute atomic E-state index is 0.120. The minimum Gasteiger partial charge on any atom is -0.392 e. The molecule has 0 radical (unpaired) electrons. The van der Waals surface area contributed by atoms with E-state index in [-0.39, 0.29) is 11.5 Å². The van der Waals surface area contributed by atoms with E-state index in [0.717, 1.165) is 5.39 Å². The van der Waals surface area contributed by atoms with Crippen molar-refractivity contribution in [3.8, 4) is 0 Å². The molecular weight excluding hydrogens is 286 g/mol. The van der Waals surface area contributed by atoms with Crippen molar-refractivity contribution in [3.05, 3.63) is 65.9 Å². The van der Waals surface area contributed by atoms with Gasteiger partial charge in [0.1, 0.15) is 0 Å². The van der Waals surface area contributed by atoms with Gasteiger partial charge in [-0.1, -0.05) is 30.3 Å². The van der Waals surface area contributed by atoms with E-state index in [1.54, 1.807) is 49.5 Å². The van der Waals surface area contributed by atoms with Crippen molar-refractivity contribution >= 4 is 20.9 Å². The zero-order valence-electron chi connectivity index (χ0n) is 11.5. The molecule has 0 bridgehead atoms. The van der Waals surface area contributed by atoms with Crippen LogP contribution in [0.4, 0.5) is 0 Å². The number of fused-ring (bicyclic) bond motifs is 1. The highest BCUT2D eigenvalue weighted by Gasteiger charge is 2.20. The summed E-state index contributed by atoms with van der Waals surface area (Å²) in [7, 11) is -3.64. The fraction of sp³-hybridized carbons (Fsp3) is 0.125. The van der Waals surface area contributed by atoms with Crippen LogP contribution in [0.2, 0.25) is 0 Å². The Morgan fingerprint density at radius 3 is 2.57 bits per heavy atom. The molecule has 3 rings (SSSR count). The molecule has 108 valence electrons. The van der Waals surface area contributed by atoms with Crippen LogP contribution in [0.25, 0.3) is 10.9 Å². The van der Waals surface area contributed by atoms with E-state index in [9.17, 15) is 13.5 Å². The van der Waals surface area contributed by atoms with Crippen LogP contribution in [0.5, 0.6) is 0 Å². The Bertz CT molecular complexity index is 910. The number of aliphatic hydroxyl groups excluding tert-OH is 1. The standard InChI is InChI=1S/C16H15NO3S/c1-12-4-2-3-5-16(12)21(19,20)17-9-8-14-7-6-13(11-18)10-15(14)17/h2-10,18H,11H2,1H3. The fourth-order valence-corrected chi connectivity index (χ4v) is 3.98. The summed E-state index contributed by atoms with van der Waals surface area (Å²) in [5.74, 6) is 0. The quantitative estimate of drug-likeness (QED) is 0.809. The number of nitrogens with zero attached hydrogens (tertiary/aromatic N) is 1. The second-order valence-corrected chi connectivity index (χ2v) is 6.72. The second-order valence-electron chi connectivity index (χ2n) is 4.93. The first-order chi connectivity index (χ1) is 10.0. The van der Waals surface area contributed by atoms with E-state index in [1.807, 2.05) is 12.1 Å². The third-order valence-electron chi connectivity index (χ3n) is 3.53. The first-order valence-electron chi connectivity index (χ1n) is 6.56. The molecule has 0 amide bonds. The number of aliphatic hydroxyl groups is 1. The second kappa shape index (κ2) is 5.02. The van der Waals surface area contributed by atoms with Crippen LogP contribution in [-0.2, 0) is 16.6 Å². The molecule has 0 saturated heterocycles. The lowest BCUT2D eigenvalue weighted by Gasteiger charge is -2.10. The molecule has 0 atom stereocenters. The fourth-order valence-electron chi connectivity index (χ4n) is 2.41. The Labute approximate surface area is 123 Å². The molecule has 0 unspecified atom stereocenters. The lowest BCUT2D eigenvalue weighted by atomic mass is 10.2. The molecule has 21 heavy (non-hydrogen) atoms. The van der Waals surface area contributed by atoms with Gasteiger partial charge in [0.2, 0.25) is 0 Å². The summed E-state index contributed by atoms with van der Waals surface area (Å²) in [4.78, 5) is 0.289. The van der Waals surface area contributed by atoms with Crippen LogP contribution < -0.4 is 0 Å². The van der Waals surface area contributed by atoms with Gasteiger partial charge in [0, 0.05) is 11.6 Å². The van der Waals surface area contributed by atoms with Gasteiger partial charge in [0.15, 0.2) is 0 Å². The van der Waals surface area contributed by atoms with Crippen LogP contribution >= 0.6 is 0 Å². The number of aromatic nitrogens is 1. The topological polar surface area (TPSA) is 59.3 Å². The van der Waals surface area contributed by atoms with Crippen molar-refractivity contribution in [2.45, 2.75) is 18.4 Å². The average molecular weight is 301 g/mol. The van der Waals surface area contributed by atoms with Gasteiger partial charge in [-0.2, -0.15) is 0 Å². The van der Waals surface area contributed by atoms with Gasteiger partial charge < -0.3 is 5.11 Å². The van der Waals surface area contributed by atoms with Crippen LogP contribution in [0.3, 0.4) is 0 Å². The highest BCUT2D eigenvalue weighted by atomic mass is 32.2. The molecule has 0 spiro atoms. The van der Waals surface area contributed by atoms with Crippen LogP contribution in [-0.4, -0.2) is 17.5 Å². The molecule has 0 saturated carbocycles. The van der Waals surface area contributed by atoms with E-state index in [1.165, 1.54) is 3.97 Å². The molecule has 1 heterocycles. The monoisotopic (exact) mass is 301 g/mol. The lowest BCUT2D eigenvalue weighted by molar-refractivity contribution is 0.282. The van der Waals surface area contributed by atoms with E-state index < -0.39 is 10.0 Å². The van der Waals surface area contributed by atoms with Crippen molar-refractivity contribution in [1.29, 1.82) is 0 Å². The SMILES string of the molecule is Cc1ccccc1S(=O)(=O)n1ccc2ccc(CO)cc21. The van der Waals surface area contributed by atoms with Crippen LogP contribution in [0, 0.1) is 6.92 Å². The maximum absolute atomic E-state index is 12.8. The molecular formula is C16H15NO3S. The van der Waals surface area contributed by atoms with Gasteiger partial charge in [0.25, 0.3) is 10.0 Å². The predicted molar refractivity (Wildman–Crippen MR) is 81.6 cm³/mol.